The van der Waals surface area contributed by atoms with Crippen molar-refractivity contribution in [2.75, 3.05) is 0 Å². The maximum absolute atomic E-state index is 5.41. The predicted molar refractivity (Wildman–Crippen MR) is 605 cm³/mol. The molecule has 0 saturated heterocycles. The second kappa shape index (κ2) is 32.8. The maximum atomic E-state index is 5.41. The summed E-state index contributed by atoms with van der Waals surface area (Å²) in [5.74, 6) is 2.21. The van der Waals surface area contributed by atoms with Gasteiger partial charge >= 0.3 is 0 Å². The van der Waals surface area contributed by atoms with Crippen LogP contribution in [0.3, 0.4) is 0 Å². The number of hydrogen-bond donors (Lipinski definition) is 0. The molecule has 0 aliphatic heterocycles. The predicted octanol–water partition coefficient (Wildman–Crippen LogP) is 35.6. The van der Waals surface area contributed by atoms with Crippen LogP contribution in [-0.2, 0) is 5.41 Å². The Balaban J connectivity index is 0.000000102. The van der Waals surface area contributed by atoms with Gasteiger partial charge in [0.2, 0.25) is 0 Å². The lowest BCUT2D eigenvalue weighted by Crippen LogP contribution is -2.16. The van der Waals surface area contributed by atoms with E-state index >= 15 is 0 Å². The number of benzene rings is 19. The zero-order chi connectivity index (χ0) is 94.2. The van der Waals surface area contributed by atoms with E-state index in [9.17, 15) is 0 Å². The highest BCUT2D eigenvalue weighted by atomic mass is 32.1. The lowest BCUT2D eigenvalue weighted by Gasteiger charge is -2.24. The van der Waals surface area contributed by atoms with Crippen LogP contribution in [0.25, 0.3) is 270 Å². The molecule has 31 rings (SSSR count). The van der Waals surface area contributed by atoms with Gasteiger partial charge in [-0.15, -0.1) is 45.3 Å². The monoisotopic (exact) mass is 1900 g/mol. The van der Waals surface area contributed by atoms with E-state index < -0.39 is 0 Å². The molecular formula is C129H80N10S4. The third kappa shape index (κ3) is 12.8. The zero-order valence-electron chi connectivity index (χ0n) is 77.3. The molecule has 0 radical (unpaired) electrons. The molecule has 19 aromatic carbocycles. The zero-order valence-corrected chi connectivity index (χ0v) is 80.6. The van der Waals surface area contributed by atoms with E-state index in [2.05, 4.69) is 463 Å². The molecule has 0 unspecified atom stereocenters. The minimum absolute atomic E-state index is 0.166. The number of nitrogens with zero attached hydrogens (tertiary/aromatic N) is 10. The number of para-hydroxylation sites is 8. The van der Waals surface area contributed by atoms with Crippen molar-refractivity contribution in [1.29, 1.82) is 0 Å². The molecule has 670 valence electrons. The third-order valence-corrected chi connectivity index (χ3v) is 33.7. The minimum atomic E-state index is -0.166. The second-order valence-electron chi connectivity index (χ2n) is 37.3. The van der Waals surface area contributed by atoms with Gasteiger partial charge in [0.1, 0.15) is 0 Å². The van der Waals surface area contributed by atoms with Crippen molar-refractivity contribution < 1.29 is 0 Å². The van der Waals surface area contributed by atoms with Crippen LogP contribution in [0.15, 0.2) is 449 Å². The standard InChI is InChI=1S/C46H28N4S.C43H29N3S.C40H23N3S2/c1-3-15-29(16-4-1)46-47-41(45-42(48-46)36-22-10-14-26-40(36)51-45)35-21-9-13-25-39(35)50-38-24-12-8-20-32(38)34-28-27-33-31-19-7-11-23-37(31)49(43(33)44(34)50)30-17-5-2-6-18-30;1-43(2)33-20-10-6-16-27(33)29-24-25-30-28-17-7-11-21-34(28)46(40(30)37(29)43)35-22-12-8-18-31(35)38-41-39(32-19-9-13-23-36(32)47-41)45-42(44-38)26-14-4-3-5-15-26;1-2-12-24(13-3-1)40-41-35(39-36(42-40)30-17-7-11-21-34(30)45-39)29-16-5-9-19-32(29)43-31-18-8-4-14-25(31)27-22-23-28-26-15-6-10-20-33(26)44-38(28)37(27)43/h1-28H;3-25H,1-2H3;1-23H. The lowest BCUT2D eigenvalue weighted by atomic mass is 9.81. The number of fused-ring (bicyclic) bond motifs is 30. The van der Waals surface area contributed by atoms with E-state index in [0.717, 1.165) is 132 Å². The van der Waals surface area contributed by atoms with Crippen LogP contribution in [0, 0.1) is 0 Å². The van der Waals surface area contributed by atoms with E-state index in [-0.39, 0.29) is 5.41 Å². The highest BCUT2D eigenvalue weighted by Crippen LogP contribution is 2.56. The van der Waals surface area contributed by atoms with Gasteiger partial charge in [-0.25, -0.2) is 29.9 Å². The van der Waals surface area contributed by atoms with Crippen molar-refractivity contribution in [3.05, 3.63) is 460 Å². The van der Waals surface area contributed by atoms with Crippen molar-refractivity contribution in [1.82, 2.24) is 48.2 Å². The fraction of sp³-hybridized carbons (Fsp3) is 0.0233. The van der Waals surface area contributed by atoms with Crippen LogP contribution in [0.1, 0.15) is 25.0 Å². The molecule has 1 aliphatic carbocycles. The van der Waals surface area contributed by atoms with E-state index in [4.69, 9.17) is 29.9 Å². The van der Waals surface area contributed by atoms with Crippen molar-refractivity contribution in [2.45, 2.75) is 19.3 Å². The highest BCUT2D eigenvalue weighted by molar-refractivity contribution is 7.27. The Morgan fingerprint density at radius 1 is 0.196 bits per heavy atom. The average molecular weight is 1900 g/mol. The van der Waals surface area contributed by atoms with Gasteiger partial charge in [-0.1, -0.05) is 384 Å². The third-order valence-electron chi connectivity index (χ3n) is 29.0. The number of thiophene rings is 4. The van der Waals surface area contributed by atoms with E-state index in [1.807, 2.05) is 29.5 Å². The van der Waals surface area contributed by atoms with Crippen molar-refractivity contribution in [3.8, 4) is 102 Å². The first-order valence-corrected chi connectivity index (χ1v) is 51.6. The topological polar surface area (TPSA) is 97.1 Å². The summed E-state index contributed by atoms with van der Waals surface area (Å²) < 4.78 is 19.5. The molecule has 30 aromatic rings. The van der Waals surface area contributed by atoms with Gasteiger partial charge in [0.15, 0.2) is 17.5 Å². The first kappa shape index (κ1) is 82.6. The Morgan fingerprint density at radius 3 is 0.909 bits per heavy atom. The van der Waals surface area contributed by atoms with Crippen molar-refractivity contribution in [3.63, 3.8) is 0 Å². The molecule has 11 heterocycles. The normalized spacial score (nSPS) is 12.5. The van der Waals surface area contributed by atoms with Crippen molar-refractivity contribution in [2.24, 2.45) is 0 Å². The molecule has 11 aromatic heterocycles. The van der Waals surface area contributed by atoms with Crippen LogP contribution in [0.4, 0.5) is 0 Å². The Labute approximate surface area is 836 Å². The van der Waals surface area contributed by atoms with Gasteiger partial charge < -0.3 is 18.3 Å². The molecule has 0 N–H and O–H groups in total. The first-order chi connectivity index (χ1) is 70.8. The SMILES string of the molecule is CC1(C)c2ccccc2-c2ccc3c4ccccc4n(-c4ccccc4-c4nc(-c5ccccc5)nc5c4sc4ccccc45)c3c21.c1ccc(-c2nc(-c3ccccc3-n3c4ccccc4c4ccc5c6ccccc6n(-c6ccccc6)c5c43)c3sc4ccccc4c3n2)cc1.c1ccc(-c2nc(-c3ccccc3-n3c4ccccc4c4ccc5c6ccccc6sc5c43)c3sc4ccccc4c3n2)cc1. The Hall–Kier alpha value is -17.5. The number of hydrogen-bond acceptors (Lipinski definition) is 10. The fourth-order valence-corrected chi connectivity index (χ4v) is 27.4. The summed E-state index contributed by atoms with van der Waals surface area (Å²) >= 11 is 7.20. The van der Waals surface area contributed by atoms with Gasteiger partial charge in [0.05, 0.1) is 114 Å². The smallest absolute Gasteiger partial charge is 0.160 e. The fourth-order valence-electron chi connectivity index (χ4n) is 22.7. The van der Waals surface area contributed by atoms with Crippen LogP contribution in [0.2, 0.25) is 0 Å². The number of aromatic nitrogens is 10. The molecule has 0 fully saturated rings. The summed E-state index contributed by atoms with van der Waals surface area (Å²) in [7, 11) is 0. The second-order valence-corrected chi connectivity index (χ2v) is 41.5. The summed E-state index contributed by atoms with van der Waals surface area (Å²) in [5, 5.41) is 16.0. The van der Waals surface area contributed by atoms with Crippen LogP contribution >= 0.6 is 45.3 Å². The average Bonchev–Trinajstić information content (AvgIpc) is 1.54. The first-order valence-electron chi connectivity index (χ1n) is 48.3. The maximum Gasteiger partial charge on any atom is 0.160 e. The van der Waals surface area contributed by atoms with Gasteiger partial charge in [-0.3, -0.25) is 0 Å². The molecular weight excluding hydrogens is 1820 g/mol. The molecule has 0 atom stereocenters. The largest absolute Gasteiger partial charge is 0.308 e. The molecule has 143 heavy (non-hydrogen) atoms. The van der Waals surface area contributed by atoms with Gasteiger partial charge in [-0.05, 0) is 101 Å². The Bertz CT molecular complexity index is 10500. The molecule has 14 heteroatoms. The van der Waals surface area contributed by atoms with Crippen LogP contribution in [0.5, 0.6) is 0 Å². The van der Waals surface area contributed by atoms with Gasteiger partial charge in [0, 0.05) is 133 Å². The summed E-state index contributed by atoms with van der Waals surface area (Å²) in [4.78, 5) is 31.7. The molecule has 1 aliphatic rings. The highest BCUT2D eigenvalue weighted by Gasteiger charge is 2.40. The van der Waals surface area contributed by atoms with Gasteiger partial charge in [-0.2, -0.15) is 0 Å². The minimum Gasteiger partial charge on any atom is -0.308 e. The van der Waals surface area contributed by atoms with Crippen LogP contribution in [-0.4, -0.2) is 48.2 Å². The molecule has 0 bridgehead atoms. The molecule has 0 saturated carbocycles. The van der Waals surface area contributed by atoms with Crippen molar-refractivity contribution >= 4 is 214 Å². The summed E-state index contributed by atoms with van der Waals surface area (Å²) in [6.07, 6.45) is 0. The van der Waals surface area contributed by atoms with E-state index in [1.54, 1.807) is 34.0 Å². The summed E-state index contributed by atoms with van der Waals surface area (Å²) in [6.45, 7) is 4.75. The molecule has 0 spiro atoms. The van der Waals surface area contributed by atoms with E-state index in [1.165, 1.54) is 149 Å². The van der Waals surface area contributed by atoms with Crippen LogP contribution < -0.4 is 0 Å². The molecule has 0 amide bonds. The summed E-state index contributed by atoms with van der Waals surface area (Å²) in [5.41, 5.74) is 31.4. The lowest BCUT2D eigenvalue weighted by molar-refractivity contribution is 0.664. The van der Waals surface area contributed by atoms with Gasteiger partial charge in [0.25, 0.3) is 0 Å². The van der Waals surface area contributed by atoms with E-state index in [0.29, 0.717) is 0 Å². The molecule has 10 nitrogen and oxygen atoms in total. The number of rotatable bonds is 10. The Morgan fingerprint density at radius 2 is 0.483 bits per heavy atom. The summed E-state index contributed by atoms with van der Waals surface area (Å²) in [6, 6.07) is 160. The Kier molecular flexibility index (Phi) is 19.0. The quantitative estimate of drug-likeness (QED) is 0.135.